The van der Waals surface area contributed by atoms with Crippen LogP contribution in [0.15, 0.2) is 4.99 Å². The Bertz CT molecular complexity index is 236. The Morgan fingerprint density at radius 3 is 2.67 bits per heavy atom. The summed E-state index contributed by atoms with van der Waals surface area (Å²) in [5.74, 6) is 0.843. The van der Waals surface area contributed by atoms with Crippen molar-refractivity contribution in [3.8, 4) is 0 Å². The van der Waals surface area contributed by atoms with Crippen LogP contribution in [0.4, 0.5) is 0 Å². The zero-order valence-electron chi connectivity index (χ0n) is 9.47. The minimum atomic E-state index is -0.00893. The van der Waals surface area contributed by atoms with Gasteiger partial charge in [0.15, 0.2) is 5.96 Å². The fourth-order valence-electron chi connectivity index (χ4n) is 1.14. The maximum absolute atomic E-state index is 10.6. The summed E-state index contributed by atoms with van der Waals surface area (Å²) >= 11 is 0. The van der Waals surface area contributed by atoms with Crippen molar-refractivity contribution in [2.24, 2.45) is 4.99 Å². The first-order valence-electron chi connectivity index (χ1n) is 5.51. The summed E-state index contributed by atoms with van der Waals surface area (Å²) in [6.07, 6.45) is 2.46. The summed E-state index contributed by atoms with van der Waals surface area (Å²) in [5.41, 5.74) is 0. The minimum Gasteiger partial charge on any atom is -0.357 e. The molecule has 0 saturated heterocycles. The number of carbonyl (C=O) groups excluding carboxylic acids is 1. The summed E-state index contributed by atoms with van der Waals surface area (Å²) in [6.45, 7) is 5.62. The lowest BCUT2D eigenvalue weighted by atomic mass is 10.6. The smallest absolute Gasteiger partial charge is 0.216 e. The van der Waals surface area contributed by atoms with Gasteiger partial charge in [0.1, 0.15) is 0 Å². The molecule has 1 rings (SSSR count). The molecule has 0 aromatic carbocycles. The second-order valence-electron chi connectivity index (χ2n) is 3.66. The summed E-state index contributed by atoms with van der Waals surface area (Å²) < 4.78 is 0. The van der Waals surface area contributed by atoms with E-state index < -0.39 is 0 Å². The molecule has 0 atom stereocenters. The van der Waals surface area contributed by atoms with E-state index in [1.807, 2.05) is 6.92 Å². The van der Waals surface area contributed by atoms with Gasteiger partial charge in [-0.3, -0.25) is 9.79 Å². The second kappa shape index (κ2) is 6.27. The van der Waals surface area contributed by atoms with E-state index in [2.05, 4.69) is 20.9 Å². The second-order valence-corrected chi connectivity index (χ2v) is 3.66. The summed E-state index contributed by atoms with van der Waals surface area (Å²) in [7, 11) is 0. The Balaban J connectivity index is 2.19. The molecule has 15 heavy (non-hydrogen) atoms. The zero-order chi connectivity index (χ0) is 11.1. The lowest BCUT2D eigenvalue weighted by molar-refractivity contribution is -0.118. The molecule has 1 aliphatic rings. The molecule has 0 aliphatic heterocycles. The number of guanidine groups is 1. The van der Waals surface area contributed by atoms with Gasteiger partial charge < -0.3 is 16.0 Å². The lowest BCUT2D eigenvalue weighted by Crippen LogP contribution is -2.39. The van der Waals surface area contributed by atoms with Gasteiger partial charge in [0.05, 0.1) is 6.54 Å². The van der Waals surface area contributed by atoms with Crippen molar-refractivity contribution < 1.29 is 4.79 Å². The molecule has 86 valence electrons. The number of aliphatic imine (C=N–C) groups is 1. The highest BCUT2D eigenvalue weighted by atomic mass is 16.1. The first kappa shape index (κ1) is 11.8. The van der Waals surface area contributed by atoms with Crippen LogP contribution < -0.4 is 16.0 Å². The predicted octanol–water partition coefficient (Wildman–Crippen LogP) is -0.160. The highest BCUT2D eigenvalue weighted by molar-refractivity contribution is 5.80. The van der Waals surface area contributed by atoms with Gasteiger partial charge in [-0.2, -0.15) is 0 Å². The van der Waals surface area contributed by atoms with Gasteiger partial charge in [0, 0.05) is 26.1 Å². The van der Waals surface area contributed by atoms with E-state index in [1.54, 1.807) is 0 Å². The molecular weight excluding hydrogens is 192 g/mol. The largest absolute Gasteiger partial charge is 0.357 e. The highest BCUT2D eigenvalue weighted by Gasteiger charge is 2.21. The zero-order valence-corrected chi connectivity index (χ0v) is 9.47. The van der Waals surface area contributed by atoms with Crippen LogP contribution in [-0.4, -0.2) is 37.5 Å². The molecule has 0 spiro atoms. The quantitative estimate of drug-likeness (QED) is 0.337. The van der Waals surface area contributed by atoms with Crippen molar-refractivity contribution in [3.05, 3.63) is 0 Å². The van der Waals surface area contributed by atoms with Gasteiger partial charge in [0.25, 0.3) is 0 Å². The molecule has 0 aromatic rings. The van der Waals surface area contributed by atoms with E-state index in [-0.39, 0.29) is 5.91 Å². The first-order chi connectivity index (χ1) is 7.22. The van der Waals surface area contributed by atoms with E-state index in [0.717, 1.165) is 12.5 Å². The normalized spacial score (nSPS) is 16.0. The number of nitrogens with one attached hydrogen (secondary N) is 3. The SMILES string of the molecule is CCNC(=NCCNC(C)=O)NC1CC1. The number of hydrogen-bond donors (Lipinski definition) is 3. The Labute approximate surface area is 90.7 Å². The van der Waals surface area contributed by atoms with Crippen molar-refractivity contribution in [2.45, 2.75) is 32.7 Å². The monoisotopic (exact) mass is 212 g/mol. The minimum absolute atomic E-state index is 0.00893. The standard InChI is InChI=1S/C10H20N4O/c1-3-11-10(14-9-4-5-9)13-7-6-12-8(2)15/h9H,3-7H2,1-2H3,(H,12,15)(H2,11,13,14). The summed E-state index contributed by atoms with van der Waals surface area (Å²) in [5, 5.41) is 9.18. The van der Waals surface area contributed by atoms with Gasteiger partial charge >= 0.3 is 0 Å². The number of nitrogens with zero attached hydrogens (tertiary/aromatic N) is 1. The predicted molar refractivity (Wildman–Crippen MR) is 60.8 cm³/mol. The summed E-state index contributed by atoms with van der Waals surface area (Å²) in [4.78, 5) is 15.0. The average molecular weight is 212 g/mol. The van der Waals surface area contributed by atoms with Crippen LogP contribution in [0.5, 0.6) is 0 Å². The third-order valence-electron chi connectivity index (χ3n) is 2.02. The molecular formula is C10H20N4O. The summed E-state index contributed by atoms with van der Waals surface area (Å²) in [6, 6.07) is 0.601. The highest BCUT2D eigenvalue weighted by Crippen LogP contribution is 2.18. The van der Waals surface area contributed by atoms with Gasteiger partial charge in [-0.1, -0.05) is 0 Å². The molecule has 1 fully saturated rings. The van der Waals surface area contributed by atoms with E-state index >= 15 is 0 Å². The molecule has 0 bridgehead atoms. The van der Waals surface area contributed by atoms with Crippen LogP contribution in [0, 0.1) is 0 Å². The van der Waals surface area contributed by atoms with Crippen LogP contribution >= 0.6 is 0 Å². The fourth-order valence-corrected chi connectivity index (χ4v) is 1.14. The number of amides is 1. The molecule has 3 N–H and O–H groups in total. The Morgan fingerprint density at radius 2 is 2.13 bits per heavy atom. The fraction of sp³-hybridized carbons (Fsp3) is 0.800. The first-order valence-corrected chi connectivity index (χ1v) is 5.51. The third-order valence-corrected chi connectivity index (χ3v) is 2.02. The molecule has 0 radical (unpaired) electrons. The van der Waals surface area contributed by atoms with E-state index in [1.165, 1.54) is 19.8 Å². The van der Waals surface area contributed by atoms with Crippen molar-refractivity contribution in [1.29, 1.82) is 0 Å². The molecule has 5 nitrogen and oxygen atoms in total. The van der Waals surface area contributed by atoms with Gasteiger partial charge in [-0.15, -0.1) is 0 Å². The molecule has 0 unspecified atom stereocenters. The van der Waals surface area contributed by atoms with Gasteiger partial charge in [-0.25, -0.2) is 0 Å². The van der Waals surface area contributed by atoms with Crippen molar-refractivity contribution in [1.82, 2.24) is 16.0 Å². The van der Waals surface area contributed by atoms with Crippen LogP contribution in [0.25, 0.3) is 0 Å². The van der Waals surface area contributed by atoms with Gasteiger partial charge in [-0.05, 0) is 19.8 Å². The maximum atomic E-state index is 10.6. The third kappa shape index (κ3) is 5.93. The molecule has 1 amide bonds. The van der Waals surface area contributed by atoms with Crippen molar-refractivity contribution in [3.63, 3.8) is 0 Å². The molecule has 1 saturated carbocycles. The molecule has 1 aliphatic carbocycles. The van der Waals surface area contributed by atoms with Crippen LogP contribution in [0.2, 0.25) is 0 Å². The Morgan fingerprint density at radius 1 is 1.40 bits per heavy atom. The van der Waals surface area contributed by atoms with Crippen LogP contribution in [-0.2, 0) is 4.79 Å². The molecule has 0 heterocycles. The van der Waals surface area contributed by atoms with E-state index in [4.69, 9.17) is 0 Å². The number of carbonyl (C=O) groups is 1. The maximum Gasteiger partial charge on any atom is 0.216 e. The van der Waals surface area contributed by atoms with Crippen LogP contribution in [0.3, 0.4) is 0 Å². The average Bonchev–Trinajstić information content (AvgIpc) is 2.96. The van der Waals surface area contributed by atoms with Crippen LogP contribution in [0.1, 0.15) is 26.7 Å². The Hall–Kier alpha value is -1.26. The van der Waals surface area contributed by atoms with Crippen molar-refractivity contribution >= 4 is 11.9 Å². The van der Waals surface area contributed by atoms with E-state index in [0.29, 0.717) is 19.1 Å². The van der Waals surface area contributed by atoms with Gasteiger partial charge in [0.2, 0.25) is 5.91 Å². The number of hydrogen-bond acceptors (Lipinski definition) is 2. The lowest BCUT2D eigenvalue weighted by Gasteiger charge is -2.09. The van der Waals surface area contributed by atoms with E-state index in [9.17, 15) is 4.79 Å². The molecule has 0 aromatic heterocycles. The number of rotatable bonds is 5. The van der Waals surface area contributed by atoms with Crippen molar-refractivity contribution in [2.75, 3.05) is 19.6 Å². The Kier molecular flexibility index (Phi) is 4.93. The topological polar surface area (TPSA) is 65.5 Å². The molecule has 5 heteroatoms.